The van der Waals surface area contributed by atoms with E-state index in [4.69, 9.17) is 4.74 Å². The SMILES string of the molecule is COc1cccc(C=CC(=O)NCc2cnc[nH]2)c1. The topological polar surface area (TPSA) is 67.0 Å². The number of hydrogen-bond acceptors (Lipinski definition) is 3. The zero-order valence-electron chi connectivity index (χ0n) is 10.6. The summed E-state index contributed by atoms with van der Waals surface area (Å²) in [4.78, 5) is 18.4. The maximum Gasteiger partial charge on any atom is 0.244 e. The van der Waals surface area contributed by atoms with E-state index in [9.17, 15) is 4.79 Å². The lowest BCUT2D eigenvalue weighted by Gasteiger charge is -2.01. The summed E-state index contributed by atoms with van der Waals surface area (Å²) < 4.78 is 5.11. The Kier molecular flexibility index (Phi) is 4.34. The first-order chi connectivity index (χ1) is 9.28. The quantitative estimate of drug-likeness (QED) is 0.802. The number of benzene rings is 1. The van der Waals surface area contributed by atoms with Gasteiger partial charge in [-0.15, -0.1) is 0 Å². The number of methoxy groups -OCH3 is 1. The van der Waals surface area contributed by atoms with Gasteiger partial charge >= 0.3 is 0 Å². The van der Waals surface area contributed by atoms with Gasteiger partial charge in [0.05, 0.1) is 25.7 Å². The lowest BCUT2D eigenvalue weighted by Crippen LogP contribution is -2.20. The molecule has 2 rings (SSSR count). The molecule has 0 saturated carbocycles. The van der Waals surface area contributed by atoms with Crippen LogP contribution in [0.25, 0.3) is 6.08 Å². The Morgan fingerprint density at radius 2 is 2.42 bits per heavy atom. The van der Waals surface area contributed by atoms with Crippen LogP contribution >= 0.6 is 0 Å². The fraction of sp³-hybridized carbons (Fsp3) is 0.143. The predicted molar refractivity (Wildman–Crippen MR) is 72.5 cm³/mol. The number of ether oxygens (including phenoxy) is 1. The summed E-state index contributed by atoms with van der Waals surface area (Å²) >= 11 is 0. The fourth-order valence-electron chi connectivity index (χ4n) is 1.54. The molecule has 1 heterocycles. The molecule has 2 N–H and O–H groups in total. The summed E-state index contributed by atoms with van der Waals surface area (Å²) in [5.41, 5.74) is 1.78. The van der Waals surface area contributed by atoms with E-state index in [1.54, 1.807) is 25.7 Å². The zero-order chi connectivity index (χ0) is 13.5. The highest BCUT2D eigenvalue weighted by atomic mass is 16.5. The smallest absolute Gasteiger partial charge is 0.244 e. The molecular weight excluding hydrogens is 242 g/mol. The van der Waals surface area contributed by atoms with E-state index >= 15 is 0 Å². The second-order valence-corrected chi connectivity index (χ2v) is 3.90. The standard InChI is InChI=1S/C14H15N3O2/c1-19-13-4-2-3-11(7-13)5-6-14(18)16-9-12-8-15-10-17-12/h2-8,10H,9H2,1H3,(H,15,17)(H,16,18). The van der Waals surface area contributed by atoms with Gasteiger partial charge in [0.25, 0.3) is 0 Å². The lowest BCUT2D eigenvalue weighted by atomic mass is 10.2. The van der Waals surface area contributed by atoms with Crippen LogP contribution in [0.2, 0.25) is 0 Å². The third-order valence-electron chi connectivity index (χ3n) is 2.53. The Hall–Kier alpha value is -2.56. The molecule has 5 heteroatoms. The van der Waals surface area contributed by atoms with Crippen LogP contribution in [0.5, 0.6) is 5.75 Å². The average molecular weight is 257 g/mol. The van der Waals surface area contributed by atoms with Crippen LogP contribution in [-0.2, 0) is 11.3 Å². The largest absolute Gasteiger partial charge is 0.497 e. The number of rotatable bonds is 5. The van der Waals surface area contributed by atoms with Gasteiger partial charge in [-0.1, -0.05) is 12.1 Å². The molecule has 1 amide bonds. The molecule has 1 aromatic heterocycles. The van der Waals surface area contributed by atoms with Crippen molar-refractivity contribution in [2.75, 3.05) is 7.11 Å². The van der Waals surface area contributed by atoms with Crippen LogP contribution in [-0.4, -0.2) is 23.0 Å². The molecule has 2 aromatic rings. The number of aromatic amines is 1. The summed E-state index contributed by atoms with van der Waals surface area (Å²) in [5, 5.41) is 2.76. The van der Waals surface area contributed by atoms with Crippen LogP contribution < -0.4 is 10.1 Å². The monoisotopic (exact) mass is 257 g/mol. The van der Waals surface area contributed by atoms with Crippen molar-refractivity contribution >= 4 is 12.0 Å². The van der Waals surface area contributed by atoms with Crippen LogP contribution in [0.3, 0.4) is 0 Å². The molecule has 0 saturated heterocycles. The molecule has 0 aliphatic rings. The molecule has 98 valence electrons. The molecule has 0 spiro atoms. The molecule has 1 aromatic carbocycles. The number of aromatic nitrogens is 2. The van der Waals surface area contributed by atoms with E-state index < -0.39 is 0 Å². The molecule has 0 aliphatic heterocycles. The van der Waals surface area contributed by atoms with Gasteiger partial charge in [0.1, 0.15) is 5.75 Å². The van der Waals surface area contributed by atoms with Crippen LogP contribution in [0.4, 0.5) is 0 Å². The van der Waals surface area contributed by atoms with Crippen molar-refractivity contribution in [2.45, 2.75) is 6.54 Å². The number of imidazole rings is 1. The maximum absolute atomic E-state index is 11.6. The van der Waals surface area contributed by atoms with Crippen molar-refractivity contribution < 1.29 is 9.53 Å². The van der Waals surface area contributed by atoms with E-state index in [1.165, 1.54) is 6.08 Å². The predicted octanol–water partition coefficient (Wildman–Crippen LogP) is 1.75. The van der Waals surface area contributed by atoms with Gasteiger partial charge in [-0.05, 0) is 23.8 Å². The number of carbonyl (C=O) groups is 1. The van der Waals surface area contributed by atoms with Crippen molar-refractivity contribution in [3.05, 3.63) is 54.1 Å². The Morgan fingerprint density at radius 3 is 3.16 bits per heavy atom. The second-order valence-electron chi connectivity index (χ2n) is 3.90. The third kappa shape index (κ3) is 3.99. The van der Waals surface area contributed by atoms with Gasteiger partial charge in [-0.2, -0.15) is 0 Å². The molecule has 0 aliphatic carbocycles. The highest BCUT2D eigenvalue weighted by Gasteiger charge is 1.98. The van der Waals surface area contributed by atoms with Crippen molar-refractivity contribution in [1.82, 2.24) is 15.3 Å². The summed E-state index contributed by atoms with van der Waals surface area (Å²) in [7, 11) is 1.61. The minimum atomic E-state index is -0.155. The number of nitrogens with one attached hydrogen (secondary N) is 2. The normalized spacial score (nSPS) is 10.6. The van der Waals surface area contributed by atoms with Crippen molar-refractivity contribution in [3.8, 4) is 5.75 Å². The van der Waals surface area contributed by atoms with Gasteiger partial charge in [0, 0.05) is 12.3 Å². The molecular formula is C14H15N3O2. The zero-order valence-corrected chi connectivity index (χ0v) is 10.6. The number of amides is 1. The first kappa shape index (κ1) is 12.9. The number of nitrogens with zero attached hydrogens (tertiary/aromatic N) is 1. The highest BCUT2D eigenvalue weighted by molar-refractivity contribution is 5.91. The van der Waals surface area contributed by atoms with Crippen LogP contribution in [0.1, 0.15) is 11.3 Å². The van der Waals surface area contributed by atoms with E-state index in [1.807, 2.05) is 24.3 Å². The van der Waals surface area contributed by atoms with E-state index in [-0.39, 0.29) is 5.91 Å². The number of H-pyrrole nitrogens is 1. The van der Waals surface area contributed by atoms with Gasteiger partial charge in [0.15, 0.2) is 0 Å². The van der Waals surface area contributed by atoms with Gasteiger partial charge < -0.3 is 15.0 Å². The first-order valence-electron chi connectivity index (χ1n) is 5.85. The van der Waals surface area contributed by atoms with Crippen molar-refractivity contribution in [3.63, 3.8) is 0 Å². The van der Waals surface area contributed by atoms with Crippen LogP contribution in [0.15, 0.2) is 42.9 Å². The molecule has 0 atom stereocenters. The fourth-order valence-corrected chi connectivity index (χ4v) is 1.54. The Bertz CT molecular complexity index is 562. The molecule has 5 nitrogen and oxygen atoms in total. The van der Waals surface area contributed by atoms with Gasteiger partial charge in [0.2, 0.25) is 5.91 Å². The maximum atomic E-state index is 11.6. The summed E-state index contributed by atoms with van der Waals surface area (Å²) in [6.07, 6.45) is 6.48. The molecule has 0 unspecified atom stereocenters. The minimum absolute atomic E-state index is 0.155. The van der Waals surface area contributed by atoms with Crippen molar-refractivity contribution in [2.24, 2.45) is 0 Å². The van der Waals surface area contributed by atoms with E-state index in [0.717, 1.165) is 17.0 Å². The highest BCUT2D eigenvalue weighted by Crippen LogP contribution is 2.13. The third-order valence-corrected chi connectivity index (χ3v) is 2.53. The molecule has 19 heavy (non-hydrogen) atoms. The lowest BCUT2D eigenvalue weighted by molar-refractivity contribution is -0.116. The Labute approximate surface area is 111 Å². The van der Waals surface area contributed by atoms with E-state index in [2.05, 4.69) is 15.3 Å². The van der Waals surface area contributed by atoms with Crippen molar-refractivity contribution in [1.29, 1.82) is 0 Å². The summed E-state index contributed by atoms with van der Waals surface area (Å²) in [5.74, 6) is 0.609. The van der Waals surface area contributed by atoms with Gasteiger partial charge in [-0.3, -0.25) is 4.79 Å². The molecule has 0 radical (unpaired) electrons. The van der Waals surface area contributed by atoms with Crippen LogP contribution in [0, 0.1) is 0 Å². The number of carbonyl (C=O) groups excluding carboxylic acids is 1. The summed E-state index contributed by atoms with van der Waals surface area (Å²) in [6.45, 7) is 0.432. The molecule has 0 fully saturated rings. The minimum Gasteiger partial charge on any atom is -0.497 e. The first-order valence-corrected chi connectivity index (χ1v) is 5.85. The Morgan fingerprint density at radius 1 is 1.53 bits per heavy atom. The Balaban J connectivity index is 1.88. The second kappa shape index (κ2) is 6.39. The summed E-state index contributed by atoms with van der Waals surface area (Å²) in [6, 6.07) is 7.50. The van der Waals surface area contributed by atoms with E-state index in [0.29, 0.717) is 6.54 Å². The average Bonchev–Trinajstić information content (AvgIpc) is 2.96. The number of hydrogen-bond donors (Lipinski definition) is 2. The molecule has 0 bridgehead atoms. The van der Waals surface area contributed by atoms with Gasteiger partial charge in [-0.25, -0.2) is 4.98 Å².